The Bertz CT molecular complexity index is 468. The average molecular weight is 290 g/mol. The molecule has 4 heteroatoms. The molecule has 0 unspecified atom stereocenters. The third-order valence-electron chi connectivity index (χ3n) is 3.94. The minimum Gasteiger partial charge on any atom is -0.381 e. The molecule has 0 bridgehead atoms. The molecule has 1 aliphatic rings. The number of carbonyl (C=O) groups is 1. The number of hydrogen-bond acceptors (Lipinski definition) is 3. The Kier molecular flexibility index (Phi) is 5.76. The molecule has 1 aromatic carbocycles. The van der Waals surface area contributed by atoms with Crippen LogP contribution in [0.25, 0.3) is 0 Å². The van der Waals surface area contributed by atoms with E-state index in [0.29, 0.717) is 12.1 Å². The fraction of sp³-hybridized carbons (Fsp3) is 0.588. The van der Waals surface area contributed by atoms with Gasteiger partial charge < -0.3 is 10.1 Å². The Morgan fingerprint density at radius 1 is 1.38 bits per heavy atom. The van der Waals surface area contributed by atoms with E-state index in [2.05, 4.69) is 36.2 Å². The van der Waals surface area contributed by atoms with Gasteiger partial charge in [0.05, 0.1) is 0 Å². The lowest BCUT2D eigenvalue weighted by atomic mass is 10.0. The van der Waals surface area contributed by atoms with E-state index in [9.17, 15) is 4.79 Å². The standard InChI is InChI=1S/C17H26N2O2/c1-13(2)19(17-7-9-21-10-8-17)12-15-5-4-6-16(11-15)18-14(3)20/h4-6,11,13,17H,7-10,12H2,1-3H3,(H,18,20). The third kappa shape index (κ3) is 4.83. The lowest BCUT2D eigenvalue weighted by Gasteiger charge is -2.37. The van der Waals surface area contributed by atoms with Gasteiger partial charge in [-0.2, -0.15) is 0 Å². The number of anilines is 1. The summed E-state index contributed by atoms with van der Waals surface area (Å²) in [6.07, 6.45) is 2.20. The van der Waals surface area contributed by atoms with Crippen LogP contribution in [0.1, 0.15) is 39.2 Å². The van der Waals surface area contributed by atoms with Crippen LogP contribution in [-0.4, -0.2) is 36.1 Å². The molecule has 1 N–H and O–H groups in total. The first kappa shape index (κ1) is 16.0. The normalized spacial score (nSPS) is 16.4. The number of amides is 1. The molecule has 4 nitrogen and oxygen atoms in total. The minimum absolute atomic E-state index is 0.0303. The van der Waals surface area contributed by atoms with Gasteiger partial charge in [-0.1, -0.05) is 12.1 Å². The molecule has 2 rings (SSSR count). The summed E-state index contributed by atoms with van der Waals surface area (Å²) >= 11 is 0. The first-order valence-electron chi connectivity index (χ1n) is 7.76. The SMILES string of the molecule is CC(=O)Nc1cccc(CN(C(C)C)C2CCOCC2)c1. The number of benzene rings is 1. The van der Waals surface area contributed by atoms with Crippen molar-refractivity contribution < 1.29 is 9.53 Å². The molecule has 1 fully saturated rings. The van der Waals surface area contributed by atoms with Crippen molar-refractivity contribution in [1.82, 2.24) is 4.90 Å². The second kappa shape index (κ2) is 7.57. The van der Waals surface area contributed by atoms with Crippen LogP contribution in [0, 0.1) is 0 Å². The molecular formula is C17H26N2O2. The second-order valence-corrected chi connectivity index (χ2v) is 5.99. The van der Waals surface area contributed by atoms with Gasteiger partial charge >= 0.3 is 0 Å². The van der Waals surface area contributed by atoms with Crippen molar-refractivity contribution in [2.45, 2.75) is 52.2 Å². The highest BCUT2D eigenvalue weighted by molar-refractivity contribution is 5.88. The summed E-state index contributed by atoms with van der Waals surface area (Å²) in [5.41, 5.74) is 2.11. The van der Waals surface area contributed by atoms with Gasteiger partial charge in [-0.25, -0.2) is 0 Å². The van der Waals surface area contributed by atoms with Crippen molar-refractivity contribution in [3.63, 3.8) is 0 Å². The molecule has 0 aliphatic carbocycles. The van der Waals surface area contributed by atoms with Crippen LogP contribution in [0.4, 0.5) is 5.69 Å². The van der Waals surface area contributed by atoms with Gasteiger partial charge in [-0.3, -0.25) is 9.69 Å². The molecule has 1 aromatic rings. The molecule has 0 atom stereocenters. The van der Waals surface area contributed by atoms with Gasteiger partial charge in [0.25, 0.3) is 0 Å². The Morgan fingerprint density at radius 3 is 2.71 bits per heavy atom. The summed E-state index contributed by atoms with van der Waals surface area (Å²) in [7, 11) is 0. The monoisotopic (exact) mass is 290 g/mol. The topological polar surface area (TPSA) is 41.6 Å². The molecule has 1 aliphatic heterocycles. The third-order valence-corrected chi connectivity index (χ3v) is 3.94. The van der Waals surface area contributed by atoms with Crippen molar-refractivity contribution >= 4 is 11.6 Å². The van der Waals surface area contributed by atoms with Crippen LogP contribution in [-0.2, 0) is 16.1 Å². The maximum atomic E-state index is 11.2. The van der Waals surface area contributed by atoms with Gasteiger partial charge in [-0.15, -0.1) is 0 Å². The first-order valence-corrected chi connectivity index (χ1v) is 7.76. The molecule has 1 heterocycles. The fourth-order valence-electron chi connectivity index (χ4n) is 2.91. The van der Waals surface area contributed by atoms with E-state index in [0.717, 1.165) is 38.3 Å². The van der Waals surface area contributed by atoms with Crippen LogP contribution in [0.2, 0.25) is 0 Å². The van der Waals surface area contributed by atoms with Crippen LogP contribution in [0.3, 0.4) is 0 Å². The van der Waals surface area contributed by atoms with Crippen molar-refractivity contribution in [3.8, 4) is 0 Å². The lowest BCUT2D eigenvalue weighted by molar-refractivity contribution is -0.114. The zero-order chi connectivity index (χ0) is 15.2. The minimum atomic E-state index is -0.0303. The molecule has 116 valence electrons. The van der Waals surface area contributed by atoms with E-state index in [1.807, 2.05) is 12.1 Å². The Balaban J connectivity index is 2.07. The smallest absolute Gasteiger partial charge is 0.221 e. The summed E-state index contributed by atoms with van der Waals surface area (Å²) < 4.78 is 5.47. The lowest BCUT2D eigenvalue weighted by Crippen LogP contribution is -2.43. The largest absolute Gasteiger partial charge is 0.381 e. The summed E-state index contributed by atoms with van der Waals surface area (Å²) in [6.45, 7) is 8.66. The molecule has 1 amide bonds. The number of nitrogens with one attached hydrogen (secondary N) is 1. The summed E-state index contributed by atoms with van der Waals surface area (Å²) in [5.74, 6) is -0.0303. The first-order chi connectivity index (χ1) is 10.1. The molecule has 1 saturated heterocycles. The maximum absolute atomic E-state index is 11.2. The van der Waals surface area contributed by atoms with Gasteiger partial charge in [-0.05, 0) is 44.4 Å². The van der Waals surface area contributed by atoms with E-state index in [1.54, 1.807) is 0 Å². The number of hydrogen-bond donors (Lipinski definition) is 1. The van der Waals surface area contributed by atoms with Crippen molar-refractivity contribution in [2.75, 3.05) is 18.5 Å². The highest BCUT2D eigenvalue weighted by Gasteiger charge is 2.23. The van der Waals surface area contributed by atoms with E-state index < -0.39 is 0 Å². The zero-order valence-corrected chi connectivity index (χ0v) is 13.3. The van der Waals surface area contributed by atoms with Crippen molar-refractivity contribution in [2.24, 2.45) is 0 Å². The number of ether oxygens (including phenoxy) is 1. The van der Waals surface area contributed by atoms with E-state index >= 15 is 0 Å². The van der Waals surface area contributed by atoms with Crippen LogP contribution >= 0.6 is 0 Å². The Morgan fingerprint density at radius 2 is 2.10 bits per heavy atom. The average Bonchev–Trinajstić information content (AvgIpc) is 2.45. The summed E-state index contributed by atoms with van der Waals surface area (Å²) in [4.78, 5) is 13.7. The van der Waals surface area contributed by atoms with Gasteiger partial charge in [0, 0.05) is 44.5 Å². The Hall–Kier alpha value is -1.39. The number of nitrogens with zero attached hydrogens (tertiary/aromatic N) is 1. The molecule has 0 radical (unpaired) electrons. The zero-order valence-electron chi connectivity index (χ0n) is 13.3. The molecule has 21 heavy (non-hydrogen) atoms. The second-order valence-electron chi connectivity index (χ2n) is 5.99. The van der Waals surface area contributed by atoms with E-state index in [-0.39, 0.29) is 5.91 Å². The van der Waals surface area contributed by atoms with Gasteiger partial charge in [0.2, 0.25) is 5.91 Å². The van der Waals surface area contributed by atoms with Crippen LogP contribution < -0.4 is 5.32 Å². The van der Waals surface area contributed by atoms with E-state index in [1.165, 1.54) is 12.5 Å². The van der Waals surface area contributed by atoms with Crippen LogP contribution in [0.15, 0.2) is 24.3 Å². The predicted molar refractivity (Wildman–Crippen MR) is 85.3 cm³/mol. The Labute approximate surface area is 127 Å². The van der Waals surface area contributed by atoms with Gasteiger partial charge in [0.1, 0.15) is 0 Å². The van der Waals surface area contributed by atoms with Crippen LogP contribution in [0.5, 0.6) is 0 Å². The predicted octanol–water partition coefficient (Wildman–Crippen LogP) is 3.03. The summed E-state index contributed by atoms with van der Waals surface area (Å²) in [6, 6.07) is 9.21. The summed E-state index contributed by atoms with van der Waals surface area (Å²) in [5, 5.41) is 2.85. The number of carbonyl (C=O) groups excluding carboxylic acids is 1. The highest BCUT2D eigenvalue weighted by atomic mass is 16.5. The molecule has 0 spiro atoms. The maximum Gasteiger partial charge on any atom is 0.221 e. The fourth-order valence-corrected chi connectivity index (χ4v) is 2.91. The highest BCUT2D eigenvalue weighted by Crippen LogP contribution is 2.21. The molecular weight excluding hydrogens is 264 g/mol. The quantitative estimate of drug-likeness (QED) is 0.906. The number of rotatable bonds is 5. The van der Waals surface area contributed by atoms with E-state index in [4.69, 9.17) is 4.74 Å². The van der Waals surface area contributed by atoms with Gasteiger partial charge in [0.15, 0.2) is 0 Å². The van der Waals surface area contributed by atoms with Crippen molar-refractivity contribution in [3.05, 3.63) is 29.8 Å². The molecule has 0 aromatic heterocycles. The molecule has 0 saturated carbocycles. The van der Waals surface area contributed by atoms with Crippen molar-refractivity contribution in [1.29, 1.82) is 0 Å².